The van der Waals surface area contributed by atoms with Crippen LogP contribution in [-0.4, -0.2) is 45.1 Å². The minimum atomic E-state index is -3.43. The molecule has 0 saturated heterocycles. The van der Waals surface area contributed by atoms with E-state index < -0.39 is 10.1 Å². The molecule has 0 spiro atoms. The van der Waals surface area contributed by atoms with Gasteiger partial charge in [0.25, 0.3) is 10.1 Å². The van der Waals surface area contributed by atoms with Crippen LogP contribution in [-0.2, 0) is 14.3 Å². The van der Waals surface area contributed by atoms with E-state index in [1.165, 1.54) is 12.2 Å². The van der Waals surface area contributed by atoms with Crippen LogP contribution in [0.2, 0.25) is 0 Å². The Bertz CT molecular complexity index is 205. The zero-order chi connectivity index (χ0) is 7.33. The fraction of sp³-hybridized carbons (Fsp3) is 0.200. The van der Waals surface area contributed by atoms with Crippen molar-refractivity contribution in [1.29, 1.82) is 0 Å². The van der Waals surface area contributed by atoms with Crippen molar-refractivity contribution in [3.63, 3.8) is 0 Å². The third kappa shape index (κ3) is 6.51. The van der Waals surface area contributed by atoms with Crippen LogP contribution < -0.4 is 0 Å². The first kappa shape index (κ1) is 13.0. The van der Waals surface area contributed by atoms with Crippen LogP contribution in [0.1, 0.15) is 0 Å². The molecule has 0 bridgehead atoms. The molecule has 0 amide bonds. The smallest absolute Gasteiger partial charge is 0.270 e. The van der Waals surface area contributed by atoms with Crippen LogP contribution in [0.3, 0.4) is 0 Å². The normalized spacial score (nSPS) is 10.9. The van der Waals surface area contributed by atoms with E-state index in [4.69, 9.17) is 0 Å². The Morgan fingerprint density at radius 2 is 2.00 bits per heavy atom. The summed E-state index contributed by atoms with van der Waals surface area (Å²) in [4.78, 5) is 0. The largest absolute Gasteiger partial charge is 0.289 e. The molecule has 0 unspecified atom stereocenters. The molecule has 0 aromatic carbocycles. The summed E-state index contributed by atoms with van der Waals surface area (Å²) in [7, 11) is -2.33. The van der Waals surface area contributed by atoms with E-state index in [0.29, 0.717) is 0 Å². The van der Waals surface area contributed by atoms with E-state index in [-0.39, 0.29) is 29.6 Å². The molecule has 0 aromatic heterocycles. The third-order valence-electron chi connectivity index (χ3n) is 0.614. The van der Waals surface area contributed by atoms with Gasteiger partial charge in [-0.05, 0) is 6.08 Å². The quantitative estimate of drug-likeness (QED) is 0.348. The summed E-state index contributed by atoms with van der Waals surface area (Å²) >= 11 is 0. The van der Waals surface area contributed by atoms with Gasteiger partial charge in [-0.15, -0.1) is 0 Å². The van der Waals surface area contributed by atoms with E-state index in [0.717, 1.165) is 12.5 Å². The summed E-state index contributed by atoms with van der Waals surface area (Å²) in [5, 5.41) is 0.931. The van der Waals surface area contributed by atoms with Crippen LogP contribution in [0.5, 0.6) is 0 Å². The summed E-state index contributed by atoms with van der Waals surface area (Å²) in [6, 6.07) is 0. The van der Waals surface area contributed by atoms with Crippen molar-refractivity contribution in [2.75, 3.05) is 7.11 Å². The predicted octanol–water partition coefficient (Wildman–Crippen LogP) is 0.282. The molecule has 0 heterocycles. The SMILES string of the molecule is C=CC=CS(=O)(=O)OC.[Na]. The maximum absolute atomic E-state index is 10.4. The fourth-order valence-electron chi connectivity index (χ4n) is 0.207. The number of hydrogen-bond acceptors (Lipinski definition) is 3. The van der Waals surface area contributed by atoms with Gasteiger partial charge in [0.05, 0.1) is 12.5 Å². The first-order valence-electron chi connectivity index (χ1n) is 2.22. The molecule has 0 atom stereocenters. The maximum atomic E-state index is 10.4. The molecule has 5 heteroatoms. The topological polar surface area (TPSA) is 43.4 Å². The first-order valence-corrected chi connectivity index (χ1v) is 3.69. The van der Waals surface area contributed by atoms with Crippen LogP contribution in [0.25, 0.3) is 0 Å². The molecular formula is C5H8NaO3S. The van der Waals surface area contributed by atoms with E-state index in [1.54, 1.807) is 0 Å². The summed E-state index contributed by atoms with van der Waals surface area (Å²) in [5.41, 5.74) is 0. The summed E-state index contributed by atoms with van der Waals surface area (Å²) in [6.45, 7) is 3.29. The van der Waals surface area contributed by atoms with Gasteiger partial charge in [0.2, 0.25) is 0 Å². The molecule has 0 saturated carbocycles. The molecule has 10 heavy (non-hydrogen) atoms. The molecule has 0 fully saturated rings. The van der Waals surface area contributed by atoms with E-state index in [1.807, 2.05) is 0 Å². The van der Waals surface area contributed by atoms with E-state index in [9.17, 15) is 8.42 Å². The second-order valence-corrected chi connectivity index (χ2v) is 2.81. The van der Waals surface area contributed by atoms with Gasteiger partial charge in [-0.25, -0.2) is 0 Å². The standard InChI is InChI=1S/C5H8O3S.Na/c1-3-4-5-9(6,7)8-2;/h3-5H,1H2,2H3;. The number of rotatable bonds is 3. The van der Waals surface area contributed by atoms with Gasteiger partial charge in [0.1, 0.15) is 0 Å². The van der Waals surface area contributed by atoms with Gasteiger partial charge < -0.3 is 0 Å². The molecule has 0 aromatic rings. The minimum Gasteiger partial charge on any atom is -0.270 e. The third-order valence-corrected chi connectivity index (χ3v) is 1.57. The molecule has 0 aliphatic rings. The van der Waals surface area contributed by atoms with Gasteiger partial charge in [-0.3, -0.25) is 4.18 Å². The Morgan fingerprint density at radius 3 is 2.30 bits per heavy atom. The van der Waals surface area contributed by atoms with Gasteiger partial charge >= 0.3 is 0 Å². The Balaban J connectivity index is 0. The summed E-state index contributed by atoms with van der Waals surface area (Å²) in [5.74, 6) is 0. The second-order valence-electron chi connectivity index (χ2n) is 1.22. The van der Waals surface area contributed by atoms with Crippen molar-refractivity contribution in [3.05, 3.63) is 24.1 Å². The van der Waals surface area contributed by atoms with Crippen molar-refractivity contribution in [1.82, 2.24) is 0 Å². The molecule has 0 aliphatic carbocycles. The Hall–Kier alpha value is 0.390. The summed E-state index contributed by atoms with van der Waals surface area (Å²) < 4.78 is 24.9. The van der Waals surface area contributed by atoms with Gasteiger partial charge in [-0.2, -0.15) is 8.42 Å². The second kappa shape index (κ2) is 6.12. The van der Waals surface area contributed by atoms with Crippen molar-refractivity contribution in [2.24, 2.45) is 0 Å². The number of hydrogen-bond donors (Lipinski definition) is 0. The van der Waals surface area contributed by atoms with E-state index >= 15 is 0 Å². The van der Waals surface area contributed by atoms with Gasteiger partial charge in [0, 0.05) is 29.6 Å². The minimum absolute atomic E-state index is 0. The average Bonchev–Trinajstić information content (AvgIpc) is 1.84. The van der Waals surface area contributed by atoms with Crippen molar-refractivity contribution in [3.8, 4) is 0 Å². The van der Waals surface area contributed by atoms with Crippen molar-refractivity contribution >= 4 is 39.7 Å². The Morgan fingerprint density at radius 1 is 1.50 bits per heavy atom. The van der Waals surface area contributed by atoms with Crippen LogP contribution in [0.4, 0.5) is 0 Å². The van der Waals surface area contributed by atoms with Gasteiger partial charge in [0.15, 0.2) is 0 Å². The zero-order valence-corrected chi connectivity index (χ0v) is 8.89. The molecule has 0 N–H and O–H groups in total. The first-order chi connectivity index (χ1) is 4.12. The molecule has 1 radical (unpaired) electrons. The molecule has 0 aliphatic heterocycles. The molecular weight excluding hydrogens is 163 g/mol. The zero-order valence-electron chi connectivity index (χ0n) is 6.07. The molecule has 53 valence electrons. The monoisotopic (exact) mass is 171 g/mol. The van der Waals surface area contributed by atoms with Crippen LogP contribution in [0.15, 0.2) is 24.1 Å². The predicted molar refractivity (Wildman–Crippen MR) is 41.0 cm³/mol. The maximum Gasteiger partial charge on any atom is 0.289 e. The Kier molecular flexibility index (Phi) is 7.97. The summed E-state index contributed by atoms with van der Waals surface area (Å²) in [6.07, 6.45) is 2.65. The number of allylic oxidation sites excluding steroid dienone is 2. The van der Waals surface area contributed by atoms with Crippen LogP contribution >= 0.6 is 0 Å². The fourth-order valence-corrected chi connectivity index (χ4v) is 0.622. The molecule has 0 rings (SSSR count). The van der Waals surface area contributed by atoms with Gasteiger partial charge in [-0.1, -0.05) is 12.7 Å². The van der Waals surface area contributed by atoms with Crippen molar-refractivity contribution < 1.29 is 12.6 Å². The van der Waals surface area contributed by atoms with Crippen LogP contribution in [0, 0.1) is 0 Å². The molecule has 3 nitrogen and oxygen atoms in total. The van der Waals surface area contributed by atoms with Crippen molar-refractivity contribution in [2.45, 2.75) is 0 Å². The Labute approximate surface area is 83.2 Å². The van der Waals surface area contributed by atoms with E-state index in [2.05, 4.69) is 10.8 Å². The average molecular weight is 171 g/mol.